The van der Waals surface area contributed by atoms with Gasteiger partial charge in [-0.1, -0.05) is 0 Å². The van der Waals surface area contributed by atoms with Gasteiger partial charge in [-0.05, 0) is 56.3 Å². The Kier molecular flexibility index (Phi) is 2.71. The molecule has 0 atom stereocenters. The van der Waals surface area contributed by atoms with E-state index in [-0.39, 0.29) is 17.5 Å². The summed E-state index contributed by atoms with van der Waals surface area (Å²) >= 11 is 0. The van der Waals surface area contributed by atoms with Crippen LogP contribution in [0.15, 0.2) is 6.20 Å². The van der Waals surface area contributed by atoms with Crippen LogP contribution in [-0.2, 0) is 13.1 Å². The molecule has 0 aromatic carbocycles. The molecule has 6 rings (SSSR count). The molecular formula is C17H23N5O. The first-order valence-corrected chi connectivity index (χ1v) is 8.76. The lowest BCUT2D eigenvalue weighted by molar-refractivity contribution is -0.0157. The topological polar surface area (TPSA) is 84.1 Å². The lowest BCUT2D eigenvalue weighted by Crippen LogP contribution is -2.61. The molecule has 1 aliphatic heterocycles. The highest BCUT2D eigenvalue weighted by atomic mass is 16.2. The molecule has 1 aromatic heterocycles. The summed E-state index contributed by atoms with van der Waals surface area (Å²) in [7, 11) is 0. The molecule has 0 spiro atoms. The Labute approximate surface area is 135 Å². The first kappa shape index (κ1) is 13.6. The number of hydrogen-bond donors (Lipinski definition) is 2. The monoisotopic (exact) mass is 313 g/mol. The molecule has 0 radical (unpaired) electrons. The van der Waals surface area contributed by atoms with Gasteiger partial charge in [-0.2, -0.15) is 0 Å². The van der Waals surface area contributed by atoms with Gasteiger partial charge in [0, 0.05) is 17.3 Å². The van der Waals surface area contributed by atoms with Gasteiger partial charge in [0.1, 0.15) is 0 Å². The molecule has 6 heteroatoms. The predicted octanol–water partition coefficient (Wildman–Crippen LogP) is 2.05. The number of aromatic nitrogens is 2. The van der Waals surface area contributed by atoms with Crippen LogP contribution >= 0.6 is 0 Å². The predicted molar refractivity (Wildman–Crippen MR) is 85.1 cm³/mol. The highest BCUT2D eigenvalue weighted by Crippen LogP contribution is 2.55. The molecule has 4 fully saturated rings. The van der Waals surface area contributed by atoms with Gasteiger partial charge >= 0.3 is 6.03 Å². The second-order valence-corrected chi connectivity index (χ2v) is 8.18. The zero-order valence-electron chi connectivity index (χ0n) is 13.3. The van der Waals surface area contributed by atoms with Crippen molar-refractivity contribution >= 4 is 12.0 Å². The minimum atomic E-state index is 0.0588. The molecule has 0 unspecified atom stereocenters. The van der Waals surface area contributed by atoms with Crippen molar-refractivity contribution in [3.8, 4) is 0 Å². The van der Waals surface area contributed by atoms with Crippen molar-refractivity contribution in [3.63, 3.8) is 0 Å². The van der Waals surface area contributed by atoms with Gasteiger partial charge in [-0.3, -0.25) is 0 Å². The van der Waals surface area contributed by atoms with Crippen LogP contribution in [0.3, 0.4) is 0 Å². The molecule has 4 bridgehead atoms. The van der Waals surface area contributed by atoms with Crippen LogP contribution in [0.4, 0.5) is 10.7 Å². The number of nitrogens with zero attached hydrogens (tertiary/aromatic N) is 3. The van der Waals surface area contributed by atoms with Crippen LogP contribution in [-0.4, -0.2) is 26.4 Å². The Morgan fingerprint density at radius 1 is 1.17 bits per heavy atom. The number of carbonyl (C=O) groups is 1. The maximum absolute atomic E-state index is 12.8. The maximum Gasteiger partial charge on any atom is 0.318 e. The van der Waals surface area contributed by atoms with E-state index in [4.69, 9.17) is 5.73 Å². The van der Waals surface area contributed by atoms with E-state index in [0.29, 0.717) is 13.1 Å². The molecule has 1 aromatic rings. The van der Waals surface area contributed by atoms with Crippen LogP contribution in [0, 0.1) is 17.8 Å². The van der Waals surface area contributed by atoms with Gasteiger partial charge < -0.3 is 16.0 Å². The lowest BCUT2D eigenvalue weighted by atomic mass is 9.53. The minimum Gasteiger partial charge on any atom is -0.368 e. The third-order valence-corrected chi connectivity index (χ3v) is 6.37. The summed E-state index contributed by atoms with van der Waals surface area (Å²) < 4.78 is 0. The molecule has 0 saturated heterocycles. The van der Waals surface area contributed by atoms with Crippen LogP contribution < -0.4 is 11.1 Å². The summed E-state index contributed by atoms with van der Waals surface area (Å²) in [6, 6.07) is 0.0588. The van der Waals surface area contributed by atoms with E-state index in [1.807, 2.05) is 4.90 Å². The average Bonchev–Trinajstić information content (AvgIpc) is 2.88. The quantitative estimate of drug-likeness (QED) is 0.831. The summed E-state index contributed by atoms with van der Waals surface area (Å²) in [5, 5.41) is 3.42. The molecule has 4 aliphatic carbocycles. The maximum atomic E-state index is 12.8. The Bertz CT molecular complexity index is 638. The van der Waals surface area contributed by atoms with Crippen molar-refractivity contribution in [2.24, 2.45) is 17.8 Å². The molecule has 122 valence electrons. The fraction of sp³-hybridized carbons (Fsp3) is 0.706. The van der Waals surface area contributed by atoms with Gasteiger partial charge in [-0.15, -0.1) is 0 Å². The van der Waals surface area contributed by atoms with E-state index in [0.717, 1.165) is 29.0 Å². The standard InChI is InChI=1S/C17H23N5O/c18-15-19-7-13-8-22(9-14(13)20-15)16(23)21-17-4-10-1-11(5-17)3-12(2-10)6-17/h7,10-12H,1-6,8-9H2,(H,21,23)(H2,18,19,20). The van der Waals surface area contributed by atoms with Crippen molar-refractivity contribution in [3.05, 3.63) is 17.5 Å². The van der Waals surface area contributed by atoms with Gasteiger partial charge in [0.25, 0.3) is 0 Å². The number of rotatable bonds is 1. The number of nitrogens with one attached hydrogen (secondary N) is 1. The third-order valence-electron chi connectivity index (χ3n) is 6.37. The van der Waals surface area contributed by atoms with E-state index in [1.54, 1.807) is 6.20 Å². The molecule has 3 N–H and O–H groups in total. The average molecular weight is 313 g/mol. The Balaban J connectivity index is 1.31. The number of fused-ring (bicyclic) bond motifs is 1. The lowest BCUT2D eigenvalue weighted by Gasteiger charge is -2.57. The van der Waals surface area contributed by atoms with Crippen LogP contribution in [0.25, 0.3) is 0 Å². The van der Waals surface area contributed by atoms with E-state index in [1.165, 1.54) is 38.5 Å². The summed E-state index contributed by atoms with van der Waals surface area (Å²) in [4.78, 5) is 23.0. The first-order valence-electron chi connectivity index (χ1n) is 8.76. The molecular weight excluding hydrogens is 290 g/mol. The van der Waals surface area contributed by atoms with Gasteiger partial charge in [0.05, 0.1) is 18.8 Å². The number of anilines is 1. The number of amides is 2. The van der Waals surface area contributed by atoms with Crippen LogP contribution in [0.1, 0.15) is 49.8 Å². The molecule has 2 amide bonds. The summed E-state index contributed by atoms with van der Waals surface area (Å²) in [5.74, 6) is 2.79. The second-order valence-electron chi connectivity index (χ2n) is 8.18. The summed E-state index contributed by atoms with van der Waals surface area (Å²) in [6.45, 7) is 1.13. The van der Waals surface area contributed by atoms with Crippen molar-refractivity contribution in [1.29, 1.82) is 0 Å². The molecule has 5 aliphatic rings. The fourth-order valence-corrected chi connectivity index (χ4v) is 5.88. The fourth-order valence-electron chi connectivity index (χ4n) is 5.88. The van der Waals surface area contributed by atoms with Crippen molar-refractivity contribution < 1.29 is 4.79 Å². The highest BCUT2D eigenvalue weighted by molar-refractivity contribution is 5.76. The normalized spacial score (nSPS) is 37.0. The smallest absolute Gasteiger partial charge is 0.318 e. The second kappa shape index (κ2) is 4.58. The Morgan fingerprint density at radius 3 is 2.48 bits per heavy atom. The molecule has 4 saturated carbocycles. The van der Waals surface area contributed by atoms with Crippen molar-refractivity contribution in [1.82, 2.24) is 20.2 Å². The Morgan fingerprint density at radius 2 is 1.83 bits per heavy atom. The number of nitrogen functional groups attached to an aromatic ring is 1. The molecule has 6 nitrogen and oxygen atoms in total. The highest BCUT2D eigenvalue weighted by Gasteiger charge is 2.52. The zero-order valence-corrected chi connectivity index (χ0v) is 13.3. The number of hydrogen-bond acceptors (Lipinski definition) is 4. The summed E-state index contributed by atoms with van der Waals surface area (Å²) in [5.41, 5.74) is 7.61. The number of urea groups is 1. The van der Waals surface area contributed by atoms with E-state index >= 15 is 0 Å². The van der Waals surface area contributed by atoms with E-state index < -0.39 is 0 Å². The molecule has 23 heavy (non-hydrogen) atoms. The van der Waals surface area contributed by atoms with E-state index in [9.17, 15) is 4.79 Å². The minimum absolute atomic E-state index is 0.0588. The molecule has 2 heterocycles. The largest absolute Gasteiger partial charge is 0.368 e. The number of nitrogens with two attached hydrogens (primary N) is 1. The number of carbonyl (C=O) groups excluding carboxylic acids is 1. The third kappa shape index (κ3) is 2.18. The van der Waals surface area contributed by atoms with Crippen LogP contribution in [0.2, 0.25) is 0 Å². The zero-order chi connectivity index (χ0) is 15.6. The first-order chi connectivity index (χ1) is 11.1. The van der Waals surface area contributed by atoms with Crippen molar-refractivity contribution in [2.45, 2.75) is 57.2 Å². The van der Waals surface area contributed by atoms with Crippen molar-refractivity contribution in [2.75, 3.05) is 5.73 Å². The summed E-state index contributed by atoms with van der Waals surface area (Å²) in [6.07, 6.45) is 9.45. The van der Waals surface area contributed by atoms with Crippen LogP contribution in [0.5, 0.6) is 0 Å². The van der Waals surface area contributed by atoms with E-state index in [2.05, 4.69) is 15.3 Å². The Hall–Kier alpha value is -1.85. The van der Waals surface area contributed by atoms with Gasteiger partial charge in [0.15, 0.2) is 0 Å². The van der Waals surface area contributed by atoms with Gasteiger partial charge in [-0.25, -0.2) is 14.8 Å². The van der Waals surface area contributed by atoms with Gasteiger partial charge in [0.2, 0.25) is 5.95 Å². The SMILES string of the molecule is Nc1ncc2c(n1)CN(C(=O)NC13CC4CC(CC(C4)C1)C3)C2.